The van der Waals surface area contributed by atoms with Crippen LogP contribution in [0.25, 0.3) is 0 Å². The van der Waals surface area contributed by atoms with Gasteiger partial charge in [0.25, 0.3) is 0 Å². The topological polar surface area (TPSA) is 43.4 Å². The summed E-state index contributed by atoms with van der Waals surface area (Å²) in [6.45, 7) is 1.52. The van der Waals surface area contributed by atoms with Crippen LogP contribution in [-0.2, 0) is 9.53 Å². The first kappa shape index (κ1) is 16.2. The molecule has 0 amide bonds. The van der Waals surface area contributed by atoms with Gasteiger partial charge in [-0.3, -0.25) is 9.59 Å². The zero-order valence-corrected chi connectivity index (χ0v) is 10.9. The van der Waals surface area contributed by atoms with Crippen molar-refractivity contribution in [3.05, 3.63) is 35.9 Å². The summed E-state index contributed by atoms with van der Waals surface area (Å²) < 4.78 is 43.0. The van der Waals surface area contributed by atoms with Crippen molar-refractivity contribution in [1.82, 2.24) is 0 Å². The highest BCUT2D eigenvalue weighted by atomic mass is 19.4. The quantitative estimate of drug-likeness (QED) is 0.595. The van der Waals surface area contributed by atoms with Crippen molar-refractivity contribution in [3.63, 3.8) is 0 Å². The molecule has 1 unspecified atom stereocenters. The van der Waals surface area contributed by atoms with Crippen LogP contribution in [0.2, 0.25) is 0 Å². The largest absolute Gasteiger partial charge is 0.466 e. The minimum absolute atomic E-state index is 0.00996. The third-order valence-corrected chi connectivity index (χ3v) is 2.71. The van der Waals surface area contributed by atoms with Crippen LogP contribution in [0.15, 0.2) is 30.3 Å². The van der Waals surface area contributed by atoms with E-state index in [1.54, 1.807) is 18.2 Å². The standard InChI is InChI=1S/C14H15F3O3/c1-2-20-13(19)9-11(14(15,16)17)8-12(18)10-6-4-3-5-7-10/h3-7,11H,2,8-9H2,1H3. The molecule has 0 aromatic heterocycles. The number of carbonyl (C=O) groups excluding carboxylic acids is 2. The van der Waals surface area contributed by atoms with Crippen molar-refractivity contribution in [2.45, 2.75) is 25.9 Å². The molecule has 1 aromatic rings. The number of hydrogen-bond donors (Lipinski definition) is 0. The molecule has 0 fully saturated rings. The van der Waals surface area contributed by atoms with Crippen molar-refractivity contribution < 1.29 is 27.5 Å². The molecule has 0 spiro atoms. The van der Waals surface area contributed by atoms with Gasteiger partial charge in [-0.05, 0) is 6.92 Å². The molecule has 0 aliphatic carbocycles. The maximum absolute atomic E-state index is 12.8. The molecule has 0 bridgehead atoms. The lowest BCUT2D eigenvalue weighted by Gasteiger charge is -2.18. The molecule has 0 aliphatic rings. The van der Waals surface area contributed by atoms with Gasteiger partial charge in [0.2, 0.25) is 0 Å². The summed E-state index contributed by atoms with van der Waals surface area (Å²) in [5.41, 5.74) is 0.200. The van der Waals surface area contributed by atoms with E-state index in [4.69, 9.17) is 0 Å². The van der Waals surface area contributed by atoms with Crippen molar-refractivity contribution in [2.75, 3.05) is 6.61 Å². The highest BCUT2D eigenvalue weighted by Gasteiger charge is 2.42. The highest BCUT2D eigenvalue weighted by Crippen LogP contribution is 2.32. The number of Topliss-reactive ketones (excluding diaryl/α,β-unsaturated/α-hetero) is 1. The Labute approximate surface area is 114 Å². The van der Waals surface area contributed by atoms with Gasteiger partial charge in [-0.1, -0.05) is 30.3 Å². The molecule has 3 nitrogen and oxygen atoms in total. The van der Waals surface area contributed by atoms with Crippen LogP contribution in [0.4, 0.5) is 13.2 Å². The number of carbonyl (C=O) groups is 2. The molecule has 0 aliphatic heterocycles. The summed E-state index contributed by atoms with van der Waals surface area (Å²) >= 11 is 0. The zero-order chi connectivity index (χ0) is 15.2. The molecule has 0 heterocycles. The lowest BCUT2D eigenvalue weighted by atomic mass is 9.95. The second-order valence-electron chi connectivity index (χ2n) is 4.24. The van der Waals surface area contributed by atoms with E-state index in [0.717, 1.165) is 0 Å². The number of hydrogen-bond acceptors (Lipinski definition) is 3. The van der Waals surface area contributed by atoms with E-state index in [-0.39, 0.29) is 12.2 Å². The van der Waals surface area contributed by atoms with Crippen LogP contribution >= 0.6 is 0 Å². The third-order valence-electron chi connectivity index (χ3n) is 2.71. The van der Waals surface area contributed by atoms with E-state index >= 15 is 0 Å². The number of benzene rings is 1. The molecule has 1 aromatic carbocycles. The fraction of sp³-hybridized carbons (Fsp3) is 0.429. The maximum atomic E-state index is 12.8. The lowest BCUT2D eigenvalue weighted by molar-refractivity contribution is -0.183. The van der Waals surface area contributed by atoms with Gasteiger partial charge in [-0.2, -0.15) is 13.2 Å². The van der Waals surface area contributed by atoms with Gasteiger partial charge >= 0.3 is 12.1 Å². The van der Waals surface area contributed by atoms with E-state index in [1.165, 1.54) is 19.1 Å². The Balaban J connectivity index is 2.75. The molecule has 0 N–H and O–H groups in total. The average molecular weight is 288 g/mol. The van der Waals surface area contributed by atoms with E-state index < -0.39 is 36.7 Å². The summed E-state index contributed by atoms with van der Waals surface area (Å²) in [7, 11) is 0. The Kier molecular flexibility index (Phi) is 5.73. The minimum atomic E-state index is -4.61. The predicted octanol–water partition coefficient (Wildman–Crippen LogP) is 3.39. The van der Waals surface area contributed by atoms with E-state index in [2.05, 4.69) is 4.74 Å². The molecule has 1 atom stereocenters. The van der Waals surface area contributed by atoms with E-state index in [1.807, 2.05) is 0 Å². The number of rotatable bonds is 6. The van der Waals surface area contributed by atoms with Crippen LogP contribution in [0, 0.1) is 5.92 Å². The first-order valence-corrected chi connectivity index (χ1v) is 6.15. The Morgan fingerprint density at radius 2 is 1.75 bits per heavy atom. The smallest absolute Gasteiger partial charge is 0.392 e. The fourth-order valence-corrected chi connectivity index (χ4v) is 1.69. The SMILES string of the molecule is CCOC(=O)CC(CC(=O)c1ccccc1)C(F)(F)F. The fourth-order valence-electron chi connectivity index (χ4n) is 1.69. The summed E-state index contributed by atoms with van der Waals surface area (Å²) in [6.07, 6.45) is -6.21. The van der Waals surface area contributed by atoms with E-state index in [0.29, 0.717) is 0 Å². The number of esters is 1. The summed E-state index contributed by atoms with van der Waals surface area (Å²) in [4.78, 5) is 23.0. The number of alkyl halides is 3. The molecule has 6 heteroatoms. The van der Waals surface area contributed by atoms with Gasteiger partial charge in [-0.25, -0.2) is 0 Å². The second-order valence-corrected chi connectivity index (χ2v) is 4.24. The normalized spacial score (nSPS) is 12.8. The number of ether oxygens (including phenoxy) is 1. The molecule has 0 saturated carbocycles. The van der Waals surface area contributed by atoms with E-state index in [9.17, 15) is 22.8 Å². The van der Waals surface area contributed by atoms with Gasteiger partial charge in [0.05, 0.1) is 18.9 Å². The zero-order valence-electron chi connectivity index (χ0n) is 10.9. The Bertz CT molecular complexity index is 454. The van der Waals surface area contributed by atoms with Gasteiger partial charge in [-0.15, -0.1) is 0 Å². The molecular formula is C14H15F3O3. The Hall–Kier alpha value is -1.85. The van der Waals surface area contributed by atoms with Crippen molar-refractivity contribution in [1.29, 1.82) is 0 Å². The summed E-state index contributed by atoms with van der Waals surface area (Å²) in [5.74, 6) is -3.61. The molecule has 20 heavy (non-hydrogen) atoms. The molecular weight excluding hydrogens is 273 g/mol. The van der Waals surface area contributed by atoms with Gasteiger partial charge in [0.15, 0.2) is 5.78 Å². The molecule has 110 valence electrons. The first-order valence-electron chi connectivity index (χ1n) is 6.15. The first-order chi connectivity index (χ1) is 9.34. The van der Waals surface area contributed by atoms with Crippen LogP contribution in [0.1, 0.15) is 30.1 Å². The number of halogens is 3. The highest BCUT2D eigenvalue weighted by molar-refractivity contribution is 5.96. The predicted molar refractivity (Wildman–Crippen MR) is 66.2 cm³/mol. The van der Waals surface area contributed by atoms with Crippen LogP contribution < -0.4 is 0 Å². The molecule has 1 rings (SSSR count). The average Bonchev–Trinajstić information content (AvgIpc) is 2.38. The maximum Gasteiger partial charge on any atom is 0.392 e. The van der Waals surface area contributed by atoms with Gasteiger partial charge in [0, 0.05) is 12.0 Å². The second kappa shape index (κ2) is 7.07. The summed E-state index contributed by atoms with van der Waals surface area (Å²) in [6, 6.07) is 7.69. The third kappa shape index (κ3) is 5.03. The van der Waals surface area contributed by atoms with Crippen LogP contribution in [0.3, 0.4) is 0 Å². The minimum Gasteiger partial charge on any atom is -0.466 e. The van der Waals surface area contributed by atoms with Crippen molar-refractivity contribution in [2.24, 2.45) is 5.92 Å². The van der Waals surface area contributed by atoms with Crippen molar-refractivity contribution in [3.8, 4) is 0 Å². The summed E-state index contributed by atoms with van der Waals surface area (Å²) in [5, 5.41) is 0. The van der Waals surface area contributed by atoms with Crippen LogP contribution in [0.5, 0.6) is 0 Å². The molecule has 0 radical (unpaired) electrons. The monoisotopic (exact) mass is 288 g/mol. The van der Waals surface area contributed by atoms with Crippen molar-refractivity contribution >= 4 is 11.8 Å². The molecule has 0 saturated heterocycles. The lowest BCUT2D eigenvalue weighted by Crippen LogP contribution is -2.28. The Morgan fingerprint density at radius 1 is 1.15 bits per heavy atom. The van der Waals surface area contributed by atoms with Gasteiger partial charge in [0.1, 0.15) is 0 Å². The van der Waals surface area contributed by atoms with Gasteiger partial charge < -0.3 is 4.74 Å². The van der Waals surface area contributed by atoms with Crippen LogP contribution in [-0.4, -0.2) is 24.5 Å². The Morgan fingerprint density at radius 3 is 2.25 bits per heavy atom. The number of ketones is 1.